The van der Waals surface area contributed by atoms with Crippen molar-refractivity contribution < 1.29 is 89.0 Å². The van der Waals surface area contributed by atoms with Crippen molar-refractivity contribution in [1.82, 2.24) is 0 Å². The van der Waals surface area contributed by atoms with Gasteiger partial charge in [-0.05, 0) is 47.6 Å². The van der Waals surface area contributed by atoms with Gasteiger partial charge < -0.3 is 89.0 Å². The first kappa shape index (κ1) is 40.0. The van der Waals surface area contributed by atoms with Gasteiger partial charge in [0.25, 0.3) is 0 Å². The molecule has 2 heterocycles. The van der Waals surface area contributed by atoms with E-state index in [4.69, 9.17) is 37.9 Å². The summed E-state index contributed by atoms with van der Waals surface area (Å²) in [5.41, 5.74) is 1.55. The van der Waals surface area contributed by atoms with Gasteiger partial charge in [-0.3, -0.25) is 0 Å². The van der Waals surface area contributed by atoms with Crippen molar-refractivity contribution in [3.63, 3.8) is 0 Å². The van der Waals surface area contributed by atoms with Gasteiger partial charge >= 0.3 is 0 Å². The lowest BCUT2D eigenvalue weighted by Gasteiger charge is -2.43. The van der Waals surface area contributed by atoms with Gasteiger partial charge in [-0.1, -0.05) is 0 Å². The minimum absolute atomic E-state index is 0.0425. The zero-order valence-corrected chi connectivity index (χ0v) is 29.0. The van der Waals surface area contributed by atoms with E-state index in [0.717, 1.165) is 0 Å². The molecule has 2 aromatic carbocycles. The van der Waals surface area contributed by atoms with E-state index in [1.165, 1.54) is 28.4 Å². The molecular weight excluding hydrogens is 696 g/mol. The fraction of sp³-hybridized carbons (Fsp3) is 0.647. The Morgan fingerprint density at radius 1 is 0.635 bits per heavy atom. The number of benzene rings is 2. The van der Waals surface area contributed by atoms with Crippen LogP contribution in [0, 0.1) is 11.8 Å². The van der Waals surface area contributed by atoms with E-state index >= 15 is 0 Å². The van der Waals surface area contributed by atoms with Crippen molar-refractivity contribution in [2.45, 2.75) is 73.8 Å². The second kappa shape index (κ2) is 16.8. The first-order chi connectivity index (χ1) is 24.9. The molecule has 18 nitrogen and oxygen atoms in total. The van der Waals surface area contributed by atoms with Crippen molar-refractivity contribution in [1.29, 1.82) is 0 Å². The topological polar surface area (TPSA) is 276 Å². The van der Waals surface area contributed by atoms with Crippen LogP contribution >= 0.6 is 0 Å². The number of hydrogen-bond donors (Lipinski definition) is 10. The fourth-order valence-electron chi connectivity index (χ4n) is 7.21. The minimum Gasteiger partial charge on any atom is -0.502 e. The molecule has 52 heavy (non-hydrogen) atoms. The summed E-state index contributed by atoms with van der Waals surface area (Å²) in [5, 5.41) is 104. The summed E-state index contributed by atoms with van der Waals surface area (Å²) in [5.74, 6) is -2.20. The SMILES string of the molecule is COc1cc([C@H]2c3c(cc(OC)c(O[C@@H]4O[C@H](CO)[C@@H](O)[C@H](O)[C@H]4O)c3OC)C[C@@H](CO)[C@@H]2CO[C@@H]2O[C@H](CO)[C@@H](O)[C@H](O)[C@H]2O)cc(OC)c1O. The third kappa shape index (κ3) is 7.31. The summed E-state index contributed by atoms with van der Waals surface area (Å²) in [7, 11) is 5.40. The van der Waals surface area contributed by atoms with Crippen LogP contribution in [0.5, 0.6) is 34.5 Å². The van der Waals surface area contributed by atoms with E-state index in [-0.39, 0.29) is 54.1 Å². The van der Waals surface area contributed by atoms with Crippen molar-refractivity contribution in [2.24, 2.45) is 11.8 Å². The lowest BCUT2D eigenvalue weighted by atomic mass is 9.66. The smallest absolute Gasteiger partial charge is 0.229 e. The maximum atomic E-state index is 10.8. The molecule has 13 atom stereocenters. The predicted octanol–water partition coefficient (Wildman–Crippen LogP) is -2.67. The molecule has 3 aliphatic rings. The van der Waals surface area contributed by atoms with Crippen LogP contribution in [0.4, 0.5) is 0 Å². The molecule has 5 rings (SSSR count). The van der Waals surface area contributed by atoms with Gasteiger partial charge in [-0.2, -0.15) is 0 Å². The molecule has 0 saturated carbocycles. The number of aliphatic hydroxyl groups excluding tert-OH is 9. The number of ether oxygens (including phenoxy) is 8. The molecule has 292 valence electrons. The van der Waals surface area contributed by atoms with Crippen LogP contribution in [0.15, 0.2) is 18.2 Å². The first-order valence-corrected chi connectivity index (χ1v) is 16.6. The van der Waals surface area contributed by atoms with Crippen LogP contribution in [-0.4, -0.2) is 167 Å². The van der Waals surface area contributed by atoms with Gasteiger partial charge in [-0.15, -0.1) is 0 Å². The van der Waals surface area contributed by atoms with Crippen molar-refractivity contribution in [3.05, 3.63) is 34.9 Å². The van der Waals surface area contributed by atoms with Gasteiger partial charge in [0.1, 0.15) is 48.8 Å². The fourth-order valence-corrected chi connectivity index (χ4v) is 7.21. The highest BCUT2D eigenvalue weighted by atomic mass is 16.7. The van der Waals surface area contributed by atoms with Gasteiger partial charge in [0.05, 0.1) is 48.3 Å². The molecule has 1 aliphatic carbocycles. The molecule has 2 fully saturated rings. The lowest BCUT2D eigenvalue weighted by molar-refractivity contribution is -0.304. The average Bonchev–Trinajstić information content (AvgIpc) is 3.16. The maximum absolute atomic E-state index is 10.8. The van der Waals surface area contributed by atoms with Gasteiger partial charge in [0, 0.05) is 18.1 Å². The van der Waals surface area contributed by atoms with Crippen LogP contribution < -0.4 is 23.7 Å². The monoisotopic (exact) mass is 744 g/mol. The largest absolute Gasteiger partial charge is 0.502 e. The number of phenolic OH excluding ortho intramolecular Hbond substituents is 1. The number of fused-ring (bicyclic) bond motifs is 1. The molecular formula is C34H48O18. The normalized spacial score (nSPS) is 34.7. The Hall–Kier alpha value is -3.24. The molecule has 0 amide bonds. The van der Waals surface area contributed by atoms with Gasteiger partial charge in [0.2, 0.25) is 17.8 Å². The van der Waals surface area contributed by atoms with E-state index in [9.17, 15) is 51.1 Å². The standard InChI is InChI=1S/C34H48O18/c1-45-17-6-14(7-18(46-2)24(17)38)22-16(12-49-33-29(43)27(41)25(39)20(10-36)50-33)15(9-35)5-13-8-19(47-3)31(32(48-4)23(13)22)52-34-30(44)28(42)26(40)21(11-37)51-34/h6-8,15-16,20-22,25-30,33-44H,5,9-12H2,1-4H3/t15-,16-,20+,21+,22+,25+,26+,27-,28-,29+,30+,33+,34-/m0/s1. The van der Waals surface area contributed by atoms with E-state index in [1.807, 2.05) is 0 Å². The number of methoxy groups -OCH3 is 4. The van der Waals surface area contributed by atoms with E-state index in [2.05, 4.69) is 0 Å². The summed E-state index contributed by atoms with van der Waals surface area (Å²) in [6.07, 6.45) is -15.6. The van der Waals surface area contributed by atoms with Crippen molar-refractivity contribution >= 4 is 0 Å². The second-order valence-electron chi connectivity index (χ2n) is 12.9. The van der Waals surface area contributed by atoms with Crippen molar-refractivity contribution in [3.8, 4) is 34.5 Å². The highest BCUT2D eigenvalue weighted by molar-refractivity contribution is 5.64. The Bertz CT molecular complexity index is 1480. The minimum atomic E-state index is -1.77. The Balaban J connectivity index is 1.66. The first-order valence-electron chi connectivity index (χ1n) is 16.6. The maximum Gasteiger partial charge on any atom is 0.229 e. The van der Waals surface area contributed by atoms with Gasteiger partial charge in [0.15, 0.2) is 29.3 Å². The molecule has 0 aromatic heterocycles. The van der Waals surface area contributed by atoms with Crippen LogP contribution in [0.1, 0.15) is 22.6 Å². The quantitative estimate of drug-likeness (QED) is 0.100. The number of phenols is 1. The molecule has 0 unspecified atom stereocenters. The zero-order chi connectivity index (χ0) is 38.0. The van der Waals surface area contributed by atoms with E-state index in [1.54, 1.807) is 18.2 Å². The highest BCUT2D eigenvalue weighted by Crippen LogP contribution is 2.55. The van der Waals surface area contributed by atoms with Crippen LogP contribution in [0.2, 0.25) is 0 Å². The highest BCUT2D eigenvalue weighted by Gasteiger charge is 2.48. The molecule has 0 spiro atoms. The summed E-state index contributed by atoms with van der Waals surface area (Å²) >= 11 is 0. The molecule has 2 aliphatic heterocycles. The molecule has 2 aromatic rings. The Morgan fingerprint density at radius 3 is 1.67 bits per heavy atom. The van der Waals surface area contributed by atoms with Crippen LogP contribution in [0.3, 0.4) is 0 Å². The average molecular weight is 745 g/mol. The third-order valence-corrected chi connectivity index (χ3v) is 10.1. The predicted molar refractivity (Wildman–Crippen MR) is 174 cm³/mol. The summed E-state index contributed by atoms with van der Waals surface area (Å²) in [6, 6.07) is 4.74. The molecule has 18 heteroatoms. The second-order valence-corrected chi connectivity index (χ2v) is 12.9. The molecule has 2 saturated heterocycles. The van der Waals surface area contributed by atoms with E-state index < -0.39 is 92.4 Å². The Kier molecular flexibility index (Phi) is 12.9. The summed E-state index contributed by atoms with van der Waals surface area (Å²) in [6.45, 7) is -1.98. The van der Waals surface area contributed by atoms with Crippen molar-refractivity contribution in [2.75, 3.05) is 54.9 Å². The lowest BCUT2D eigenvalue weighted by Crippen LogP contribution is -2.60. The number of hydrogen-bond acceptors (Lipinski definition) is 18. The molecule has 0 bridgehead atoms. The van der Waals surface area contributed by atoms with Gasteiger partial charge in [-0.25, -0.2) is 0 Å². The summed E-state index contributed by atoms with van der Waals surface area (Å²) < 4.78 is 45.9. The van der Waals surface area contributed by atoms with Crippen LogP contribution in [-0.2, 0) is 20.6 Å². The van der Waals surface area contributed by atoms with E-state index in [0.29, 0.717) is 16.7 Å². The summed E-state index contributed by atoms with van der Waals surface area (Å²) in [4.78, 5) is 0. The number of aromatic hydroxyl groups is 1. The Labute approximate surface area is 298 Å². The molecule has 0 radical (unpaired) electrons. The van der Waals surface area contributed by atoms with Crippen LogP contribution in [0.25, 0.3) is 0 Å². The number of rotatable bonds is 13. The third-order valence-electron chi connectivity index (χ3n) is 10.1. The molecule has 10 N–H and O–H groups in total. The zero-order valence-electron chi connectivity index (χ0n) is 29.0. The number of aliphatic hydroxyl groups is 9. The Morgan fingerprint density at radius 2 is 1.17 bits per heavy atom.